The second-order valence-electron chi connectivity index (χ2n) is 3.94. The average Bonchev–Trinajstić information content (AvgIpc) is 2.67. The summed E-state index contributed by atoms with van der Waals surface area (Å²) in [5.74, 6) is -0.0405. The molecule has 0 saturated heterocycles. The first kappa shape index (κ1) is 11.5. The topological polar surface area (TPSA) is 34.0 Å². The number of amides is 1. The predicted octanol–water partition coefficient (Wildman–Crippen LogP) is 2.57. The lowest BCUT2D eigenvalue weighted by atomic mass is 10.1. The summed E-state index contributed by atoms with van der Waals surface area (Å²) in [6, 6.07) is 7.88. The van der Waals surface area contributed by atoms with E-state index in [9.17, 15) is 4.79 Å². The van der Waals surface area contributed by atoms with E-state index in [0.29, 0.717) is 12.2 Å². The highest BCUT2D eigenvalue weighted by atomic mass is 16.1. The third-order valence-corrected chi connectivity index (χ3v) is 2.88. The van der Waals surface area contributed by atoms with Crippen LogP contribution in [0.5, 0.6) is 0 Å². The van der Waals surface area contributed by atoms with Gasteiger partial charge in [-0.1, -0.05) is 30.9 Å². The van der Waals surface area contributed by atoms with Crippen LogP contribution in [0.25, 0.3) is 17.0 Å². The third-order valence-electron chi connectivity index (χ3n) is 2.88. The molecule has 0 bridgehead atoms. The highest BCUT2D eigenvalue weighted by Gasteiger charge is 2.13. The molecule has 0 saturated carbocycles. The second-order valence-corrected chi connectivity index (χ2v) is 3.94. The van der Waals surface area contributed by atoms with E-state index in [1.807, 2.05) is 48.9 Å². The normalized spacial score (nSPS) is 10.5. The molecule has 0 radical (unpaired) electrons. The number of hydrogen-bond donors (Lipinski definition) is 1. The molecular weight excluding hydrogens is 212 g/mol. The molecule has 2 aromatic rings. The number of rotatable bonds is 3. The molecular formula is C14H16N2O. The quantitative estimate of drug-likeness (QED) is 0.860. The average molecular weight is 228 g/mol. The molecule has 0 spiro atoms. The highest BCUT2D eigenvalue weighted by molar-refractivity contribution is 6.00. The van der Waals surface area contributed by atoms with Crippen LogP contribution >= 0.6 is 0 Å². The van der Waals surface area contributed by atoms with E-state index in [-0.39, 0.29) is 5.91 Å². The van der Waals surface area contributed by atoms with E-state index < -0.39 is 0 Å². The minimum Gasteiger partial charge on any atom is -0.351 e. The number of hydrogen-bond acceptors (Lipinski definition) is 1. The van der Waals surface area contributed by atoms with Crippen LogP contribution in [0.2, 0.25) is 0 Å². The van der Waals surface area contributed by atoms with Crippen molar-refractivity contribution in [1.29, 1.82) is 0 Å². The molecule has 0 aliphatic carbocycles. The number of fused-ring (bicyclic) bond motifs is 1. The van der Waals surface area contributed by atoms with Gasteiger partial charge in [-0.2, -0.15) is 0 Å². The Morgan fingerprint density at radius 1 is 1.53 bits per heavy atom. The standard InChI is InChI=1S/C14H16N2O/c1-4-10-7-6-8-11-9-12(14(17)15-5-2)16(3)13(10)11/h4,6-9H,1,5H2,2-3H3,(H,15,17). The summed E-state index contributed by atoms with van der Waals surface area (Å²) in [5.41, 5.74) is 2.76. The van der Waals surface area contributed by atoms with Gasteiger partial charge >= 0.3 is 0 Å². The molecule has 1 heterocycles. The summed E-state index contributed by atoms with van der Waals surface area (Å²) in [6.07, 6.45) is 1.81. The SMILES string of the molecule is C=Cc1cccc2cc(C(=O)NCC)n(C)c12. The monoisotopic (exact) mass is 228 g/mol. The van der Waals surface area contributed by atoms with Crippen LogP contribution in [0.1, 0.15) is 23.0 Å². The second kappa shape index (κ2) is 4.45. The van der Waals surface area contributed by atoms with E-state index in [1.54, 1.807) is 0 Å². The molecule has 2 rings (SSSR count). The van der Waals surface area contributed by atoms with Gasteiger partial charge in [0.05, 0.1) is 5.52 Å². The van der Waals surface area contributed by atoms with Crippen molar-refractivity contribution in [3.8, 4) is 0 Å². The lowest BCUT2D eigenvalue weighted by Crippen LogP contribution is -2.24. The Kier molecular flexibility index (Phi) is 3.00. The number of carbonyl (C=O) groups is 1. The summed E-state index contributed by atoms with van der Waals surface area (Å²) in [5, 5.41) is 3.88. The lowest BCUT2D eigenvalue weighted by molar-refractivity contribution is 0.0948. The number of nitrogens with one attached hydrogen (secondary N) is 1. The Hall–Kier alpha value is -2.03. The molecule has 0 aliphatic rings. The van der Waals surface area contributed by atoms with Crippen molar-refractivity contribution in [2.45, 2.75) is 6.92 Å². The van der Waals surface area contributed by atoms with Crippen LogP contribution in [0, 0.1) is 0 Å². The molecule has 1 aromatic carbocycles. The van der Waals surface area contributed by atoms with Gasteiger partial charge in [-0.05, 0) is 18.6 Å². The molecule has 88 valence electrons. The summed E-state index contributed by atoms with van der Waals surface area (Å²) in [7, 11) is 1.90. The molecule has 0 atom stereocenters. The van der Waals surface area contributed by atoms with Gasteiger partial charge < -0.3 is 9.88 Å². The van der Waals surface area contributed by atoms with Gasteiger partial charge in [0, 0.05) is 19.0 Å². The number of carbonyl (C=O) groups excluding carboxylic acids is 1. The summed E-state index contributed by atoms with van der Waals surface area (Å²) >= 11 is 0. The van der Waals surface area contributed by atoms with Gasteiger partial charge in [0.15, 0.2) is 0 Å². The molecule has 1 N–H and O–H groups in total. The van der Waals surface area contributed by atoms with Crippen molar-refractivity contribution in [2.24, 2.45) is 7.05 Å². The van der Waals surface area contributed by atoms with Crippen molar-refractivity contribution in [3.63, 3.8) is 0 Å². The summed E-state index contributed by atoms with van der Waals surface area (Å²) in [6.45, 7) is 6.34. The molecule has 3 nitrogen and oxygen atoms in total. The first-order valence-electron chi connectivity index (χ1n) is 5.68. The minimum absolute atomic E-state index is 0.0405. The molecule has 1 amide bonds. The Bertz CT molecular complexity index is 581. The number of nitrogens with zero attached hydrogens (tertiary/aromatic N) is 1. The molecule has 1 aromatic heterocycles. The minimum atomic E-state index is -0.0405. The maximum atomic E-state index is 11.9. The van der Waals surface area contributed by atoms with Crippen LogP contribution in [0.3, 0.4) is 0 Å². The fourth-order valence-corrected chi connectivity index (χ4v) is 2.08. The van der Waals surface area contributed by atoms with Crippen molar-refractivity contribution in [1.82, 2.24) is 9.88 Å². The van der Waals surface area contributed by atoms with Crippen molar-refractivity contribution in [2.75, 3.05) is 6.54 Å². The molecule has 0 unspecified atom stereocenters. The van der Waals surface area contributed by atoms with E-state index in [2.05, 4.69) is 11.9 Å². The number of benzene rings is 1. The Balaban J connectivity index is 2.65. The summed E-state index contributed by atoms with van der Waals surface area (Å²) in [4.78, 5) is 11.9. The van der Waals surface area contributed by atoms with Crippen molar-refractivity contribution >= 4 is 22.9 Å². The molecule has 0 aliphatic heterocycles. The molecule has 0 fully saturated rings. The van der Waals surface area contributed by atoms with Gasteiger partial charge in [-0.15, -0.1) is 0 Å². The van der Waals surface area contributed by atoms with E-state index in [4.69, 9.17) is 0 Å². The van der Waals surface area contributed by atoms with E-state index in [0.717, 1.165) is 16.5 Å². The summed E-state index contributed by atoms with van der Waals surface area (Å²) < 4.78 is 1.91. The number of para-hydroxylation sites is 1. The van der Waals surface area contributed by atoms with Gasteiger partial charge in [-0.3, -0.25) is 4.79 Å². The zero-order valence-corrected chi connectivity index (χ0v) is 10.2. The smallest absolute Gasteiger partial charge is 0.267 e. The van der Waals surface area contributed by atoms with Gasteiger partial charge in [-0.25, -0.2) is 0 Å². The maximum absolute atomic E-state index is 11.9. The zero-order chi connectivity index (χ0) is 12.4. The first-order valence-corrected chi connectivity index (χ1v) is 5.68. The number of aromatic nitrogens is 1. The van der Waals surface area contributed by atoms with Crippen LogP contribution in [-0.2, 0) is 7.05 Å². The molecule has 3 heteroatoms. The lowest BCUT2D eigenvalue weighted by Gasteiger charge is -2.05. The van der Waals surface area contributed by atoms with Crippen LogP contribution < -0.4 is 5.32 Å². The zero-order valence-electron chi connectivity index (χ0n) is 10.2. The van der Waals surface area contributed by atoms with E-state index >= 15 is 0 Å². The van der Waals surface area contributed by atoms with Crippen molar-refractivity contribution < 1.29 is 4.79 Å². The fraction of sp³-hybridized carbons (Fsp3) is 0.214. The Labute approximate surface area is 101 Å². The fourth-order valence-electron chi connectivity index (χ4n) is 2.08. The third kappa shape index (κ3) is 1.84. The van der Waals surface area contributed by atoms with Gasteiger partial charge in [0.1, 0.15) is 5.69 Å². The molecule has 17 heavy (non-hydrogen) atoms. The Morgan fingerprint density at radius 3 is 2.94 bits per heavy atom. The maximum Gasteiger partial charge on any atom is 0.267 e. The van der Waals surface area contributed by atoms with Gasteiger partial charge in [0.25, 0.3) is 5.91 Å². The van der Waals surface area contributed by atoms with Crippen LogP contribution in [-0.4, -0.2) is 17.0 Å². The highest BCUT2D eigenvalue weighted by Crippen LogP contribution is 2.23. The van der Waals surface area contributed by atoms with Gasteiger partial charge in [0.2, 0.25) is 0 Å². The van der Waals surface area contributed by atoms with E-state index in [1.165, 1.54) is 0 Å². The van der Waals surface area contributed by atoms with Crippen LogP contribution in [0.15, 0.2) is 30.8 Å². The number of aryl methyl sites for hydroxylation is 1. The van der Waals surface area contributed by atoms with Crippen molar-refractivity contribution in [3.05, 3.63) is 42.1 Å². The Morgan fingerprint density at radius 2 is 2.29 bits per heavy atom. The largest absolute Gasteiger partial charge is 0.351 e. The predicted molar refractivity (Wildman–Crippen MR) is 71.0 cm³/mol. The van der Waals surface area contributed by atoms with Crippen LogP contribution in [0.4, 0.5) is 0 Å². The first-order chi connectivity index (χ1) is 8.19.